The number of H-pyrrole nitrogens is 1. The molecule has 1 aliphatic rings. The Morgan fingerprint density at radius 2 is 1.37 bits per heavy atom. The predicted octanol–water partition coefficient (Wildman–Crippen LogP) is 8.31. The summed E-state index contributed by atoms with van der Waals surface area (Å²) < 4.78 is 0. The number of halogens is 2. The number of Topliss-reactive ketones (excluding diaryl/α,β-unsaturated/α-hetero) is 1. The standard InChI is InChI=1S/C30H22Cl2N2O/c1-17-3-13-25-23(15-17)27(28(33-25)19-5-9-21(31)10-6-19)30(20-7-11-22(32)12-8-20)29(35)24-16-18(2)4-14-26(24)34-30/h3-16,33-34H,1-2H3/t30-/m1/s1. The van der Waals surface area contributed by atoms with E-state index in [0.29, 0.717) is 15.6 Å². The maximum atomic E-state index is 14.5. The summed E-state index contributed by atoms with van der Waals surface area (Å²) in [6.45, 7) is 4.07. The van der Waals surface area contributed by atoms with Crippen molar-refractivity contribution in [3.63, 3.8) is 0 Å². The van der Waals surface area contributed by atoms with Gasteiger partial charge in [0.2, 0.25) is 0 Å². The molecule has 0 spiro atoms. The second kappa shape index (κ2) is 8.01. The lowest BCUT2D eigenvalue weighted by atomic mass is 9.77. The fourth-order valence-electron chi connectivity index (χ4n) is 5.17. The van der Waals surface area contributed by atoms with Gasteiger partial charge in [-0.3, -0.25) is 4.79 Å². The van der Waals surface area contributed by atoms with E-state index in [0.717, 1.165) is 50.1 Å². The normalized spacial score (nSPS) is 17.0. The number of hydrogen-bond donors (Lipinski definition) is 2. The zero-order valence-corrected chi connectivity index (χ0v) is 20.8. The zero-order chi connectivity index (χ0) is 24.3. The van der Waals surface area contributed by atoms with Crippen LogP contribution in [0.2, 0.25) is 10.0 Å². The Hall–Kier alpha value is -3.53. The number of hydrogen-bond acceptors (Lipinski definition) is 2. The number of aromatic amines is 1. The van der Waals surface area contributed by atoms with Crippen molar-refractivity contribution in [3.05, 3.63) is 123 Å². The molecule has 3 nitrogen and oxygen atoms in total. The van der Waals surface area contributed by atoms with Gasteiger partial charge in [0.05, 0.1) is 5.69 Å². The van der Waals surface area contributed by atoms with Gasteiger partial charge in [-0.15, -0.1) is 0 Å². The second-order valence-corrected chi connectivity index (χ2v) is 10.1. The highest BCUT2D eigenvalue weighted by atomic mass is 35.5. The molecule has 1 aliphatic heterocycles. The number of aromatic nitrogens is 1. The first-order chi connectivity index (χ1) is 16.9. The third-order valence-electron chi connectivity index (χ3n) is 6.82. The molecule has 35 heavy (non-hydrogen) atoms. The second-order valence-electron chi connectivity index (χ2n) is 9.19. The third kappa shape index (κ3) is 3.38. The third-order valence-corrected chi connectivity index (χ3v) is 7.33. The summed E-state index contributed by atoms with van der Waals surface area (Å²) in [6.07, 6.45) is 0. The lowest BCUT2D eigenvalue weighted by Crippen LogP contribution is -2.40. The number of nitrogens with one attached hydrogen (secondary N) is 2. The average molecular weight is 497 g/mol. The Labute approximate surface area is 213 Å². The summed E-state index contributed by atoms with van der Waals surface area (Å²) in [5.41, 5.74) is 7.04. The molecule has 5 aromatic rings. The number of aryl methyl sites for hydroxylation is 2. The van der Waals surface area contributed by atoms with Gasteiger partial charge in [-0.05, 0) is 73.5 Å². The number of rotatable bonds is 3. The number of fused-ring (bicyclic) bond motifs is 2. The lowest BCUT2D eigenvalue weighted by molar-refractivity contribution is 0.0942. The van der Waals surface area contributed by atoms with Gasteiger partial charge in [0.1, 0.15) is 0 Å². The topological polar surface area (TPSA) is 44.9 Å². The minimum Gasteiger partial charge on any atom is -0.365 e. The molecule has 4 aromatic carbocycles. The van der Waals surface area contributed by atoms with Crippen molar-refractivity contribution in [1.82, 2.24) is 4.98 Å². The van der Waals surface area contributed by atoms with E-state index in [1.165, 1.54) is 0 Å². The first-order valence-corrected chi connectivity index (χ1v) is 12.2. The van der Waals surface area contributed by atoms with Crippen molar-refractivity contribution >= 4 is 45.6 Å². The van der Waals surface area contributed by atoms with E-state index in [4.69, 9.17) is 23.2 Å². The van der Waals surface area contributed by atoms with E-state index in [-0.39, 0.29) is 5.78 Å². The summed E-state index contributed by atoms with van der Waals surface area (Å²) in [4.78, 5) is 18.1. The first-order valence-electron chi connectivity index (χ1n) is 11.5. The molecule has 0 bridgehead atoms. The van der Waals surface area contributed by atoms with Crippen LogP contribution in [-0.4, -0.2) is 10.8 Å². The van der Waals surface area contributed by atoms with Crippen molar-refractivity contribution in [2.24, 2.45) is 0 Å². The molecule has 172 valence electrons. The van der Waals surface area contributed by atoms with Crippen molar-refractivity contribution < 1.29 is 4.79 Å². The van der Waals surface area contributed by atoms with Gasteiger partial charge in [-0.25, -0.2) is 0 Å². The van der Waals surface area contributed by atoms with E-state index < -0.39 is 5.54 Å². The van der Waals surface area contributed by atoms with Crippen LogP contribution in [0.5, 0.6) is 0 Å². The fraction of sp³-hybridized carbons (Fsp3) is 0.100. The molecule has 0 aliphatic carbocycles. The number of ketones is 1. The van der Waals surface area contributed by atoms with Gasteiger partial charge >= 0.3 is 0 Å². The largest absolute Gasteiger partial charge is 0.365 e. The molecule has 1 atom stereocenters. The molecular weight excluding hydrogens is 475 g/mol. The van der Waals surface area contributed by atoms with E-state index in [1.54, 1.807) is 0 Å². The van der Waals surface area contributed by atoms with E-state index in [2.05, 4.69) is 35.4 Å². The predicted molar refractivity (Wildman–Crippen MR) is 145 cm³/mol. The SMILES string of the molecule is Cc1ccc2c(c1)C(=O)[C@@](c1ccc(Cl)cc1)(c1c(-c3ccc(Cl)cc3)[nH]c3ccc(C)cc13)N2. The van der Waals surface area contributed by atoms with Gasteiger partial charge in [0.25, 0.3) is 0 Å². The number of benzene rings is 4. The van der Waals surface area contributed by atoms with Gasteiger partial charge in [0, 0.05) is 37.8 Å². The van der Waals surface area contributed by atoms with Crippen LogP contribution < -0.4 is 5.32 Å². The first kappa shape index (κ1) is 22.0. The minimum absolute atomic E-state index is 0.0103. The summed E-state index contributed by atoms with van der Waals surface area (Å²) >= 11 is 12.5. The Balaban J connectivity index is 1.74. The maximum absolute atomic E-state index is 14.5. The molecule has 0 radical (unpaired) electrons. The fourth-order valence-corrected chi connectivity index (χ4v) is 5.42. The Bertz CT molecular complexity index is 1620. The van der Waals surface area contributed by atoms with Crippen molar-refractivity contribution in [2.45, 2.75) is 19.4 Å². The maximum Gasteiger partial charge on any atom is 0.199 e. The van der Waals surface area contributed by atoms with Crippen molar-refractivity contribution in [3.8, 4) is 11.3 Å². The molecule has 0 saturated heterocycles. The molecule has 2 heterocycles. The number of carbonyl (C=O) groups excluding carboxylic acids is 1. The quantitative estimate of drug-likeness (QED) is 0.263. The Kier molecular flexibility index (Phi) is 5.03. The minimum atomic E-state index is -1.14. The molecule has 0 unspecified atom stereocenters. The van der Waals surface area contributed by atoms with Gasteiger partial charge < -0.3 is 10.3 Å². The van der Waals surface area contributed by atoms with Crippen LogP contribution in [-0.2, 0) is 5.54 Å². The van der Waals surface area contributed by atoms with Crippen LogP contribution in [0, 0.1) is 13.8 Å². The molecule has 0 saturated carbocycles. The zero-order valence-electron chi connectivity index (χ0n) is 19.2. The molecule has 5 heteroatoms. The Morgan fingerprint density at radius 1 is 0.743 bits per heavy atom. The highest BCUT2D eigenvalue weighted by Crippen LogP contribution is 2.50. The average Bonchev–Trinajstić information content (AvgIpc) is 3.36. The lowest BCUT2D eigenvalue weighted by Gasteiger charge is -2.31. The van der Waals surface area contributed by atoms with Crippen LogP contribution in [0.3, 0.4) is 0 Å². The summed E-state index contributed by atoms with van der Waals surface area (Å²) in [7, 11) is 0. The monoisotopic (exact) mass is 496 g/mol. The van der Waals surface area contributed by atoms with Crippen LogP contribution >= 0.6 is 23.2 Å². The van der Waals surface area contributed by atoms with Crippen LogP contribution in [0.1, 0.15) is 32.6 Å². The number of anilines is 1. The molecule has 0 fully saturated rings. The van der Waals surface area contributed by atoms with Crippen LogP contribution in [0.15, 0.2) is 84.9 Å². The molecular formula is C30H22Cl2N2O. The Morgan fingerprint density at radius 3 is 2.09 bits per heavy atom. The number of carbonyl (C=O) groups is 1. The summed E-state index contributed by atoms with van der Waals surface area (Å²) in [6, 6.07) is 27.5. The summed E-state index contributed by atoms with van der Waals surface area (Å²) in [5.74, 6) is 0.0103. The smallest absolute Gasteiger partial charge is 0.199 e. The van der Waals surface area contributed by atoms with Gasteiger partial charge in [-0.2, -0.15) is 0 Å². The molecule has 1 aromatic heterocycles. The van der Waals surface area contributed by atoms with Crippen LogP contribution in [0.4, 0.5) is 5.69 Å². The van der Waals surface area contributed by atoms with Crippen LogP contribution in [0.25, 0.3) is 22.2 Å². The molecule has 6 rings (SSSR count). The molecule has 2 N–H and O–H groups in total. The highest BCUT2D eigenvalue weighted by Gasteiger charge is 2.51. The van der Waals surface area contributed by atoms with E-state index in [1.807, 2.05) is 73.7 Å². The van der Waals surface area contributed by atoms with Crippen molar-refractivity contribution in [2.75, 3.05) is 5.32 Å². The van der Waals surface area contributed by atoms with E-state index >= 15 is 0 Å². The van der Waals surface area contributed by atoms with Crippen molar-refractivity contribution in [1.29, 1.82) is 0 Å². The highest BCUT2D eigenvalue weighted by molar-refractivity contribution is 6.31. The molecule has 0 amide bonds. The van der Waals surface area contributed by atoms with Gasteiger partial charge in [-0.1, -0.05) is 70.7 Å². The van der Waals surface area contributed by atoms with E-state index in [9.17, 15) is 4.79 Å². The summed E-state index contributed by atoms with van der Waals surface area (Å²) in [5, 5.41) is 5.93. The van der Waals surface area contributed by atoms with Gasteiger partial charge in [0.15, 0.2) is 11.3 Å².